The number of rotatable bonds is 5. The number of sulfonamides is 1. The van der Waals surface area contributed by atoms with E-state index < -0.39 is 32.2 Å². The molecule has 0 spiro atoms. The number of nitrogens with one attached hydrogen (secondary N) is 1. The molecule has 0 amide bonds. The van der Waals surface area contributed by atoms with Gasteiger partial charge in [0.25, 0.3) is 5.56 Å². The number of aryl methyl sites for hydroxylation is 1. The highest BCUT2D eigenvalue weighted by Gasteiger charge is 2.24. The van der Waals surface area contributed by atoms with Crippen molar-refractivity contribution in [3.63, 3.8) is 0 Å². The molecule has 0 aliphatic rings. The summed E-state index contributed by atoms with van der Waals surface area (Å²) in [6.07, 6.45) is 3.99. The van der Waals surface area contributed by atoms with Gasteiger partial charge in [-0.25, -0.2) is 27.6 Å². The van der Waals surface area contributed by atoms with E-state index in [1.165, 1.54) is 20.4 Å². The van der Waals surface area contributed by atoms with Crippen molar-refractivity contribution in [2.75, 3.05) is 0 Å². The number of benzene rings is 1. The normalized spacial score (nSPS) is 12.9. The Morgan fingerprint density at radius 2 is 1.78 bits per heavy atom. The van der Waals surface area contributed by atoms with Gasteiger partial charge in [-0.3, -0.25) is 9.36 Å². The van der Waals surface area contributed by atoms with Gasteiger partial charge in [0.2, 0.25) is 10.0 Å². The molecular weight excluding hydrogens is 372 g/mol. The summed E-state index contributed by atoms with van der Waals surface area (Å²) in [5.41, 5.74) is -0.00245. The molecular formula is C16H18N6O4S. The third-order valence-corrected chi connectivity index (χ3v) is 5.64. The van der Waals surface area contributed by atoms with Gasteiger partial charge < -0.3 is 4.57 Å². The van der Waals surface area contributed by atoms with Crippen molar-refractivity contribution in [3.05, 3.63) is 69.5 Å². The summed E-state index contributed by atoms with van der Waals surface area (Å²) in [6, 6.07) is 6.47. The van der Waals surface area contributed by atoms with Gasteiger partial charge in [-0.15, -0.1) is 0 Å². The molecule has 1 atom stereocenters. The molecule has 0 unspecified atom stereocenters. The van der Waals surface area contributed by atoms with Crippen LogP contribution in [-0.4, -0.2) is 32.3 Å². The van der Waals surface area contributed by atoms with Crippen LogP contribution < -0.4 is 16.0 Å². The molecule has 3 aromatic rings. The largest absolute Gasteiger partial charge is 0.330 e. The maximum absolute atomic E-state index is 12.6. The van der Waals surface area contributed by atoms with Gasteiger partial charge in [-0.2, -0.15) is 5.10 Å². The molecule has 0 saturated heterocycles. The Kier molecular flexibility index (Phi) is 4.81. The molecule has 0 bridgehead atoms. The van der Waals surface area contributed by atoms with Gasteiger partial charge in [0.1, 0.15) is 12.7 Å². The molecule has 1 aromatic carbocycles. The van der Waals surface area contributed by atoms with E-state index in [2.05, 4.69) is 14.8 Å². The van der Waals surface area contributed by atoms with E-state index in [-0.39, 0.29) is 0 Å². The van der Waals surface area contributed by atoms with Crippen molar-refractivity contribution in [2.24, 2.45) is 14.1 Å². The predicted molar refractivity (Wildman–Crippen MR) is 97.0 cm³/mol. The highest BCUT2D eigenvalue weighted by atomic mass is 32.2. The summed E-state index contributed by atoms with van der Waals surface area (Å²) in [4.78, 5) is 27.3. The lowest BCUT2D eigenvalue weighted by molar-refractivity contribution is 0.557. The molecule has 0 aliphatic carbocycles. The standard InChI is InChI=1S/C16H18N6O4S/c1-11(12-4-6-13(7-5-12)22-10-17-9-18-22)19-27(25,26)14-8-20(2)16(24)21(3)15(14)23/h4-11,19H,1-3H3/t11-/m0/s1. The SMILES string of the molecule is C[C@H](NS(=O)(=O)c1cn(C)c(=O)n(C)c1=O)c1ccc(-n2cncn2)cc1. The van der Waals surface area contributed by atoms with Crippen molar-refractivity contribution < 1.29 is 8.42 Å². The first-order chi connectivity index (χ1) is 12.7. The zero-order chi connectivity index (χ0) is 19.8. The van der Waals surface area contributed by atoms with Gasteiger partial charge >= 0.3 is 5.69 Å². The number of aromatic nitrogens is 5. The van der Waals surface area contributed by atoms with Crippen LogP contribution in [0.1, 0.15) is 18.5 Å². The van der Waals surface area contributed by atoms with Crippen LogP contribution in [0.25, 0.3) is 5.69 Å². The predicted octanol–water partition coefficient (Wildman–Crippen LogP) is -0.296. The molecule has 1 N–H and O–H groups in total. The first kappa shape index (κ1) is 18.7. The molecule has 0 aliphatic heterocycles. The molecule has 142 valence electrons. The Hall–Kier alpha value is -3.05. The second-order valence-electron chi connectivity index (χ2n) is 6.03. The number of hydrogen-bond donors (Lipinski definition) is 1. The fraction of sp³-hybridized carbons (Fsp3) is 0.250. The van der Waals surface area contributed by atoms with Gasteiger partial charge in [-0.1, -0.05) is 12.1 Å². The fourth-order valence-electron chi connectivity index (χ4n) is 2.58. The van der Waals surface area contributed by atoms with E-state index in [0.29, 0.717) is 5.56 Å². The zero-order valence-corrected chi connectivity index (χ0v) is 15.7. The lowest BCUT2D eigenvalue weighted by Gasteiger charge is -2.15. The summed E-state index contributed by atoms with van der Waals surface area (Å²) in [5, 5.41) is 4.02. The first-order valence-electron chi connectivity index (χ1n) is 7.94. The quantitative estimate of drug-likeness (QED) is 0.639. The Morgan fingerprint density at radius 1 is 1.11 bits per heavy atom. The molecule has 11 heteroatoms. The minimum absolute atomic E-state index is 0.488. The maximum atomic E-state index is 12.6. The summed E-state index contributed by atoms with van der Waals surface area (Å²) in [5.74, 6) is 0. The monoisotopic (exact) mass is 390 g/mol. The van der Waals surface area contributed by atoms with E-state index in [0.717, 1.165) is 21.0 Å². The zero-order valence-electron chi connectivity index (χ0n) is 14.9. The smallest absolute Gasteiger partial charge is 0.302 e. The van der Waals surface area contributed by atoms with E-state index in [1.807, 2.05) is 0 Å². The van der Waals surface area contributed by atoms with Gasteiger partial charge in [0.15, 0.2) is 4.90 Å². The fourth-order valence-corrected chi connectivity index (χ4v) is 3.97. The molecule has 2 aromatic heterocycles. The average Bonchev–Trinajstić information content (AvgIpc) is 3.17. The van der Waals surface area contributed by atoms with Gasteiger partial charge in [0.05, 0.1) is 5.69 Å². The lowest BCUT2D eigenvalue weighted by atomic mass is 10.1. The molecule has 3 rings (SSSR count). The highest BCUT2D eigenvalue weighted by Crippen LogP contribution is 2.17. The van der Waals surface area contributed by atoms with E-state index in [9.17, 15) is 18.0 Å². The summed E-state index contributed by atoms with van der Waals surface area (Å²) >= 11 is 0. The van der Waals surface area contributed by atoms with Crippen LogP contribution in [0.3, 0.4) is 0 Å². The summed E-state index contributed by atoms with van der Waals surface area (Å²) in [7, 11) is -1.51. The maximum Gasteiger partial charge on any atom is 0.330 e. The molecule has 0 radical (unpaired) electrons. The third-order valence-electron chi connectivity index (χ3n) is 4.11. The van der Waals surface area contributed by atoms with Crippen molar-refractivity contribution in [2.45, 2.75) is 17.9 Å². The third kappa shape index (κ3) is 3.59. The van der Waals surface area contributed by atoms with Crippen LogP contribution in [0, 0.1) is 0 Å². The molecule has 0 fully saturated rings. The minimum Gasteiger partial charge on any atom is -0.302 e. The Morgan fingerprint density at radius 3 is 2.37 bits per heavy atom. The van der Waals surface area contributed by atoms with Crippen LogP contribution in [-0.2, 0) is 24.1 Å². The summed E-state index contributed by atoms with van der Waals surface area (Å²) in [6.45, 7) is 1.66. The average molecular weight is 390 g/mol. The molecule has 27 heavy (non-hydrogen) atoms. The van der Waals surface area contributed by atoms with Crippen LogP contribution in [0.4, 0.5) is 0 Å². The molecule has 10 nitrogen and oxygen atoms in total. The second-order valence-corrected chi connectivity index (χ2v) is 7.71. The van der Waals surface area contributed by atoms with Crippen LogP contribution >= 0.6 is 0 Å². The molecule has 2 heterocycles. The molecule has 0 saturated carbocycles. The second kappa shape index (κ2) is 6.93. The lowest BCUT2D eigenvalue weighted by Crippen LogP contribution is -2.41. The van der Waals surface area contributed by atoms with Crippen molar-refractivity contribution >= 4 is 10.0 Å². The van der Waals surface area contributed by atoms with Crippen LogP contribution in [0.2, 0.25) is 0 Å². The van der Waals surface area contributed by atoms with Crippen molar-refractivity contribution in [1.82, 2.24) is 28.6 Å². The first-order valence-corrected chi connectivity index (χ1v) is 9.43. The number of nitrogens with zero attached hydrogens (tertiary/aromatic N) is 5. The van der Waals surface area contributed by atoms with E-state index in [1.54, 1.807) is 42.2 Å². The van der Waals surface area contributed by atoms with Crippen molar-refractivity contribution in [3.8, 4) is 5.69 Å². The van der Waals surface area contributed by atoms with Gasteiger partial charge in [-0.05, 0) is 24.6 Å². The van der Waals surface area contributed by atoms with Crippen LogP contribution in [0.5, 0.6) is 0 Å². The van der Waals surface area contributed by atoms with E-state index in [4.69, 9.17) is 0 Å². The van der Waals surface area contributed by atoms with Crippen LogP contribution in [0.15, 0.2) is 57.6 Å². The minimum atomic E-state index is -4.12. The highest BCUT2D eigenvalue weighted by molar-refractivity contribution is 7.89. The van der Waals surface area contributed by atoms with E-state index >= 15 is 0 Å². The van der Waals surface area contributed by atoms with Gasteiger partial charge in [0, 0.05) is 26.3 Å². The topological polar surface area (TPSA) is 121 Å². The Labute approximate surface area is 154 Å². The summed E-state index contributed by atoms with van der Waals surface area (Å²) < 4.78 is 31.1. The Bertz CT molecular complexity index is 1180. The number of hydrogen-bond acceptors (Lipinski definition) is 6. The Balaban J connectivity index is 1.88. The van der Waals surface area contributed by atoms with Crippen molar-refractivity contribution in [1.29, 1.82) is 0 Å².